The maximum atomic E-state index is 11.9. The summed E-state index contributed by atoms with van der Waals surface area (Å²) in [5.74, 6) is -1.44. The fourth-order valence-electron chi connectivity index (χ4n) is 1.23. The van der Waals surface area contributed by atoms with Crippen molar-refractivity contribution in [3.05, 3.63) is 38.9 Å². The number of aliphatic carboxylic acids is 1. The zero-order valence-corrected chi connectivity index (χ0v) is 14.5. The summed E-state index contributed by atoms with van der Waals surface area (Å²) in [5.41, 5.74) is -0.212. The predicted molar refractivity (Wildman–Crippen MR) is 85.6 cm³/mol. The molecule has 0 atom stereocenters. The standard InChI is InChI=1S/C14H15Br2NO3/c1-14(2,3)12(18)7-11(13(19)20)17-10-5-4-8(15)6-9(10)16/h4-7,17H,1-3H3,(H,19,20). The lowest BCUT2D eigenvalue weighted by atomic mass is 9.90. The summed E-state index contributed by atoms with van der Waals surface area (Å²) in [6.07, 6.45) is 1.12. The number of carbonyl (C=O) groups excluding carboxylic acids is 1. The minimum absolute atomic E-state index is 0.159. The summed E-state index contributed by atoms with van der Waals surface area (Å²) >= 11 is 6.65. The summed E-state index contributed by atoms with van der Waals surface area (Å²) in [6.45, 7) is 5.21. The minimum Gasteiger partial charge on any atom is -0.477 e. The molecule has 0 aliphatic heterocycles. The van der Waals surface area contributed by atoms with Gasteiger partial charge in [0.05, 0.1) is 5.69 Å². The Balaban J connectivity index is 3.08. The molecule has 0 aromatic heterocycles. The maximum absolute atomic E-state index is 11.9. The van der Waals surface area contributed by atoms with Crippen LogP contribution < -0.4 is 5.32 Å². The highest BCUT2D eigenvalue weighted by Crippen LogP contribution is 2.27. The highest BCUT2D eigenvalue weighted by molar-refractivity contribution is 9.11. The number of hydrogen-bond donors (Lipinski definition) is 2. The number of ketones is 1. The highest BCUT2D eigenvalue weighted by Gasteiger charge is 2.21. The normalized spacial score (nSPS) is 12.2. The maximum Gasteiger partial charge on any atom is 0.352 e. The fourth-order valence-corrected chi connectivity index (χ4v) is 2.38. The van der Waals surface area contributed by atoms with Crippen molar-refractivity contribution < 1.29 is 14.7 Å². The van der Waals surface area contributed by atoms with Gasteiger partial charge in [-0.05, 0) is 34.1 Å². The van der Waals surface area contributed by atoms with E-state index in [1.54, 1.807) is 39.0 Å². The zero-order chi connectivity index (χ0) is 15.5. The van der Waals surface area contributed by atoms with Gasteiger partial charge in [-0.1, -0.05) is 36.7 Å². The molecular weight excluding hydrogens is 390 g/mol. The Morgan fingerprint density at radius 2 is 1.85 bits per heavy atom. The van der Waals surface area contributed by atoms with Gasteiger partial charge < -0.3 is 10.4 Å². The van der Waals surface area contributed by atoms with E-state index in [9.17, 15) is 14.7 Å². The second-order valence-corrected chi connectivity index (χ2v) is 7.00. The summed E-state index contributed by atoms with van der Waals surface area (Å²) in [4.78, 5) is 23.1. The third-order valence-electron chi connectivity index (χ3n) is 2.45. The van der Waals surface area contributed by atoms with Gasteiger partial charge >= 0.3 is 5.97 Å². The Hall–Kier alpha value is -1.14. The van der Waals surface area contributed by atoms with Crippen LogP contribution in [0.5, 0.6) is 0 Å². The van der Waals surface area contributed by atoms with Crippen molar-refractivity contribution in [2.45, 2.75) is 20.8 Å². The van der Waals surface area contributed by atoms with Crippen molar-refractivity contribution >= 4 is 49.3 Å². The van der Waals surface area contributed by atoms with Gasteiger partial charge in [-0.25, -0.2) is 4.79 Å². The van der Waals surface area contributed by atoms with Crippen LogP contribution in [0.3, 0.4) is 0 Å². The molecule has 0 aliphatic carbocycles. The molecule has 0 saturated carbocycles. The van der Waals surface area contributed by atoms with Crippen LogP contribution in [0.25, 0.3) is 0 Å². The molecule has 0 fully saturated rings. The van der Waals surface area contributed by atoms with Crippen LogP contribution in [0.15, 0.2) is 38.9 Å². The minimum atomic E-state index is -1.18. The molecule has 0 amide bonds. The van der Waals surface area contributed by atoms with Crippen molar-refractivity contribution in [3.8, 4) is 0 Å². The van der Waals surface area contributed by atoms with Crippen LogP contribution in [0.1, 0.15) is 20.8 Å². The zero-order valence-electron chi connectivity index (χ0n) is 11.3. The molecular formula is C14H15Br2NO3. The first kappa shape index (κ1) is 16.9. The van der Waals surface area contributed by atoms with Gasteiger partial charge in [0.25, 0.3) is 0 Å². The van der Waals surface area contributed by atoms with E-state index >= 15 is 0 Å². The predicted octanol–water partition coefficient (Wildman–Crippen LogP) is 4.21. The van der Waals surface area contributed by atoms with E-state index in [-0.39, 0.29) is 11.5 Å². The Labute approximate surface area is 134 Å². The molecule has 108 valence electrons. The number of carboxylic acid groups (broad SMARTS) is 1. The molecule has 1 aromatic rings. The van der Waals surface area contributed by atoms with E-state index in [0.717, 1.165) is 10.5 Å². The SMILES string of the molecule is CC(C)(C)C(=O)C=C(Nc1ccc(Br)cc1Br)C(=O)O. The van der Waals surface area contributed by atoms with Gasteiger partial charge in [0, 0.05) is 20.4 Å². The quantitative estimate of drug-likeness (QED) is 0.737. The Bertz CT molecular complexity index is 574. The van der Waals surface area contributed by atoms with E-state index < -0.39 is 11.4 Å². The fraction of sp³-hybridized carbons (Fsp3) is 0.286. The first-order chi connectivity index (χ1) is 9.11. The van der Waals surface area contributed by atoms with Crippen LogP contribution in [0, 0.1) is 5.41 Å². The van der Waals surface area contributed by atoms with E-state index in [1.807, 2.05) is 0 Å². The molecule has 4 nitrogen and oxygen atoms in total. The molecule has 0 spiro atoms. The van der Waals surface area contributed by atoms with Crippen LogP contribution in [-0.2, 0) is 9.59 Å². The Morgan fingerprint density at radius 1 is 1.25 bits per heavy atom. The van der Waals surface area contributed by atoms with Gasteiger partial charge in [-0.15, -0.1) is 0 Å². The lowest BCUT2D eigenvalue weighted by molar-refractivity contribution is -0.133. The van der Waals surface area contributed by atoms with Crippen molar-refractivity contribution in [3.63, 3.8) is 0 Å². The summed E-state index contributed by atoms with van der Waals surface area (Å²) in [7, 11) is 0. The number of benzene rings is 1. The van der Waals surface area contributed by atoms with Crippen LogP contribution >= 0.6 is 31.9 Å². The molecule has 0 aliphatic rings. The van der Waals surface area contributed by atoms with Crippen molar-refractivity contribution in [2.24, 2.45) is 5.41 Å². The average Bonchev–Trinajstić information content (AvgIpc) is 2.29. The molecule has 0 radical (unpaired) electrons. The van der Waals surface area contributed by atoms with E-state index in [4.69, 9.17) is 0 Å². The number of anilines is 1. The van der Waals surface area contributed by atoms with Gasteiger partial charge in [-0.2, -0.15) is 0 Å². The first-order valence-corrected chi connectivity index (χ1v) is 7.41. The van der Waals surface area contributed by atoms with Crippen LogP contribution in [-0.4, -0.2) is 16.9 Å². The second-order valence-electron chi connectivity index (χ2n) is 5.23. The Morgan fingerprint density at radius 3 is 2.30 bits per heavy atom. The van der Waals surface area contributed by atoms with E-state index in [2.05, 4.69) is 37.2 Å². The molecule has 0 bridgehead atoms. The smallest absolute Gasteiger partial charge is 0.352 e. The largest absolute Gasteiger partial charge is 0.477 e. The topological polar surface area (TPSA) is 66.4 Å². The molecule has 0 heterocycles. The van der Waals surface area contributed by atoms with Gasteiger partial charge in [0.15, 0.2) is 5.78 Å². The van der Waals surface area contributed by atoms with Gasteiger partial charge in [0.1, 0.15) is 5.70 Å². The van der Waals surface area contributed by atoms with Crippen molar-refractivity contribution in [2.75, 3.05) is 5.32 Å². The molecule has 20 heavy (non-hydrogen) atoms. The third-order valence-corrected chi connectivity index (χ3v) is 3.59. The molecule has 0 unspecified atom stereocenters. The first-order valence-electron chi connectivity index (χ1n) is 5.83. The molecule has 0 saturated heterocycles. The van der Waals surface area contributed by atoms with Crippen LogP contribution in [0.2, 0.25) is 0 Å². The highest BCUT2D eigenvalue weighted by atomic mass is 79.9. The second kappa shape index (κ2) is 6.54. The molecule has 2 N–H and O–H groups in total. The van der Waals surface area contributed by atoms with Crippen molar-refractivity contribution in [1.82, 2.24) is 0 Å². The number of halogens is 2. The summed E-state index contributed by atoms with van der Waals surface area (Å²) in [5, 5.41) is 11.9. The molecule has 1 aromatic carbocycles. The Kier molecular flexibility index (Phi) is 5.53. The summed E-state index contributed by atoms with van der Waals surface area (Å²) in [6, 6.07) is 5.28. The number of carboxylic acids is 1. The lowest BCUT2D eigenvalue weighted by Gasteiger charge is -2.15. The summed E-state index contributed by atoms with van der Waals surface area (Å²) < 4.78 is 1.56. The number of nitrogens with one attached hydrogen (secondary N) is 1. The number of rotatable bonds is 4. The number of hydrogen-bond acceptors (Lipinski definition) is 3. The number of carbonyl (C=O) groups is 2. The third kappa shape index (κ3) is 4.76. The molecule has 6 heteroatoms. The monoisotopic (exact) mass is 403 g/mol. The molecule has 1 rings (SSSR count). The number of allylic oxidation sites excluding steroid dienone is 1. The van der Waals surface area contributed by atoms with Gasteiger partial charge in [0.2, 0.25) is 0 Å². The van der Waals surface area contributed by atoms with Crippen molar-refractivity contribution in [1.29, 1.82) is 0 Å². The average molecular weight is 405 g/mol. The van der Waals surface area contributed by atoms with Gasteiger partial charge in [-0.3, -0.25) is 4.79 Å². The van der Waals surface area contributed by atoms with Crippen LogP contribution in [0.4, 0.5) is 5.69 Å². The van der Waals surface area contributed by atoms with E-state index in [0.29, 0.717) is 10.2 Å². The van der Waals surface area contributed by atoms with E-state index in [1.165, 1.54) is 0 Å². The lowest BCUT2D eigenvalue weighted by Crippen LogP contribution is -2.21.